The van der Waals surface area contributed by atoms with Crippen molar-refractivity contribution in [3.05, 3.63) is 41.1 Å². The van der Waals surface area contributed by atoms with Gasteiger partial charge in [-0.3, -0.25) is 4.79 Å². The number of ether oxygens (including phenoxy) is 1. The Balaban J connectivity index is 1.70. The minimum atomic E-state index is -4.63. The third kappa shape index (κ3) is 4.29. The van der Waals surface area contributed by atoms with Crippen molar-refractivity contribution in [1.29, 1.82) is 10.7 Å². The second-order valence-electron chi connectivity index (χ2n) is 8.32. The van der Waals surface area contributed by atoms with E-state index in [2.05, 4.69) is 5.32 Å². The molecule has 0 bridgehead atoms. The van der Waals surface area contributed by atoms with E-state index in [-0.39, 0.29) is 29.5 Å². The van der Waals surface area contributed by atoms with Crippen LogP contribution in [0.3, 0.4) is 0 Å². The molecule has 1 aliphatic heterocycles. The molecule has 31 heavy (non-hydrogen) atoms. The molecule has 1 aliphatic carbocycles. The number of rotatable bonds is 4. The van der Waals surface area contributed by atoms with Crippen molar-refractivity contribution in [3.8, 4) is 11.8 Å². The Kier molecular flexibility index (Phi) is 6.12. The predicted octanol–water partition coefficient (Wildman–Crippen LogP) is 1.15. The van der Waals surface area contributed by atoms with E-state index in [0.717, 1.165) is 12.1 Å². The van der Waals surface area contributed by atoms with E-state index in [9.17, 15) is 18.0 Å². The lowest BCUT2D eigenvalue weighted by Gasteiger charge is -2.41. The van der Waals surface area contributed by atoms with Crippen LogP contribution in [0.1, 0.15) is 36.8 Å². The van der Waals surface area contributed by atoms with Gasteiger partial charge in [0.2, 0.25) is 0 Å². The second kappa shape index (κ2) is 8.33. The number of hydrogen-bond donors (Lipinski definition) is 2. The smallest absolute Gasteiger partial charge is 0.417 e. The Morgan fingerprint density at radius 1 is 1.32 bits per heavy atom. The van der Waals surface area contributed by atoms with Crippen LogP contribution in [0.25, 0.3) is 0 Å². The van der Waals surface area contributed by atoms with Gasteiger partial charge in [-0.25, -0.2) is 0 Å². The van der Waals surface area contributed by atoms with E-state index in [1.807, 2.05) is 15.7 Å². The van der Waals surface area contributed by atoms with Gasteiger partial charge in [-0.1, -0.05) is 0 Å². The SMILES string of the molecule is BC1(B)C(=N)/C(=C\NC)C(=O)N1C1CCC(Oc2ccc(C#N)c(C(F)(F)F)c2)CC1. The minimum absolute atomic E-state index is 0.0721. The van der Waals surface area contributed by atoms with E-state index in [0.29, 0.717) is 31.3 Å². The standard InChI is InChI=1S/C20H23B2F3N4O2/c1-28-10-15-17(27)19(21,22)29(18(15)30)12-3-6-13(7-4-12)31-14-5-2-11(9-26)16(8-14)20(23,24)25/h2,5,8,10,12-13,27-28H,3-4,6-7,21-22H2,1H3/b15-10+,27-17?. The average molecular weight is 430 g/mol. The molecule has 0 aromatic heterocycles. The summed E-state index contributed by atoms with van der Waals surface area (Å²) in [6.45, 7) is 0. The lowest BCUT2D eigenvalue weighted by Crippen LogP contribution is -2.56. The molecule has 1 heterocycles. The number of nitrogens with one attached hydrogen (secondary N) is 2. The van der Waals surface area contributed by atoms with Crippen LogP contribution in [-0.2, 0) is 11.0 Å². The number of hydrogen-bond acceptors (Lipinski definition) is 5. The maximum Gasteiger partial charge on any atom is 0.417 e. The van der Waals surface area contributed by atoms with Gasteiger partial charge >= 0.3 is 6.18 Å². The van der Waals surface area contributed by atoms with Gasteiger partial charge in [0.1, 0.15) is 21.4 Å². The van der Waals surface area contributed by atoms with Crippen molar-refractivity contribution < 1.29 is 22.7 Å². The van der Waals surface area contributed by atoms with E-state index < -0.39 is 22.6 Å². The lowest BCUT2D eigenvalue weighted by atomic mass is 9.58. The Morgan fingerprint density at radius 3 is 2.52 bits per heavy atom. The lowest BCUT2D eigenvalue weighted by molar-refractivity contribution is -0.138. The van der Waals surface area contributed by atoms with Crippen LogP contribution in [0.2, 0.25) is 0 Å². The van der Waals surface area contributed by atoms with Gasteiger partial charge in [0.15, 0.2) is 0 Å². The van der Waals surface area contributed by atoms with E-state index in [1.165, 1.54) is 6.07 Å². The molecule has 1 amide bonds. The van der Waals surface area contributed by atoms with E-state index >= 15 is 0 Å². The summed E-state index contributed by atoms with van der Waals surface area (Å²) >= 11 is 0. The van der Waals surface area contributed by atoms with Gasteiger partial charge in [-0.05, 0) is 43.9 Å². The highest BCUT2D eigenvalue weighted by Crippen LogP contribution is 2.37. The Bertz CT molecular complexity index is 964. The van der Waals surface area contributed by atoms with Gasteiger partial charge < -0.3 is 20.4 Å². The van der Waals surface area contributed by atoms with Crippen molar-refractivity contribution in [1.82, 2.24) is 10.2 Å². The molecule has 6 nitrogen and oxygen atoms in total. The van der Waals surface area contributed by atoms with Crippen LogP contribution in [0, 0.1) is 16.7 Å². The molecule has 1 aromatic rings. The van der Waals surface area contributed by atoms with Crippen molar-refractivity contribution in [2.24, 2.45) is 0 Å². The van der Waals surface area contributed by atoms with Gasteiger partial charge in [0, 0.05) is 24.6 Å². The minimum Gasteiger partial charge on any atom is -0.490 e. The topological polar surface area (TPSA) is 89.2 Å². The Morgan fingerprint density at radius 2 is 1.97 bits per heavy atom. The number of amides is 1. The molecule has 0 unspecified atom stereocenters. The normalized spacial score (nSPS) is 24.9. The molecule has 0 radical (unpaired) electrons. The average Bonchev–Trinajstić information content (AvgIpc) is 2.88. The third-order valence-electron chi connectivity index (χ3n) is 5.95. The summed E-state index contributed by atoms with van der Waals surface area (Å²) in [6.07, 6.45) is -0.964. The van der Waals surface area contributed by atoms with Crippen molar-refractivity contribution >= 4 is 27.3 Å². The Hall–Kier alpha value is -2.89. The number of alkyl halides is 3. The summed E-state index contributed by atoms with van der Waals surface area (Å²) in [4.78, 5) is 14.6. The number of carbonyl (C=O) groups is 1. The van der Waals surface area contributed by atoms with Crippen LogP contribution in [0.15, 0.2) is 30.0 Å². The first-order valence-corrected chi connectivity index (χ1v) is 10.1. The highest BCUT2D eigenvalue weighted by molar-refractivity contribution is 6.59. The highest BCUT2D eigenvalue weighted by Gasteiger charge is 2.49. The summed E-state index contributed by atoms with van der Waals surface area (Å²) in [5, 5.41) is 19.4. The molecule has 2 fully saturated rings. The van der Waals surface area contributed by atoms with Crippen molar-refractivity contribution in [2.45, 2.75) is 49.3 Å². The van der Waals surface area contributed by atoms with Gasteiger partial charge in [-0.2, -0.15) is 18.4 Å². The summed E-state index contributed by atoms with van der Waals surface area (Å²) < 4.78 is 45.3. The molecule has 2 N–H and O–H groups in total. The van der Waals surface area contributed by atoms with Gasteiger partial charge in [0.25, 0.3) is 5.91 Å². The number of halogens is 3. The van der Waals surface area contributed by atoms with Gasteiger partial charge in [0.05, 0.1) is 34.6 Å². The number of likely N-dealkylation sites (tertiary alicyclic amines) is 1. The number of carbonyl (C=O) groups excluding carboxylic acids is 1. The van der Waals surface area contributed by atoms with Crippen LogP contribution in [0.5, 0.6) is 5.75 Å². The summed E-state index contributed by atoms with van der Waals surface area (Å²) in [6, 6.07) is 4.86. The summed E-state index contributed by atoms with van der Waals surface area (Å²) in [5.74, 6) is -0.107. The number of nitriles is 1. The third-order valence-corrected chi connectivity index (χ3v) is 5.95. The summed E-state index contributed by atoms with van der Waals surface area (Å²) in [5.41, 5.74) is -0.829. The number of nitrogens with zero attached hydrogens (tertiary/aromatic N) is 2. The van der Waals surface area contributed by atoms with Gasteiger partial charge in [-0.15, -0.1) is 0 Å². The molecular weight excluding hydrogens is 407 g/mol. The Labute approximate surface area is 180 Å². The van der Waals surface area contributed by atoms with Crippen LogP contribution < -0.4 is 10.1 Å². The molecule has 11 heteroatoms. The molecule has 1 saturated heterocycles. The zero-order valence-corrected chi connectivity index (χ0v) is 17.6. The fraction of sp³-hybridized carbons (Fsp3) is 0.450. The molecule has 1 saturated carbocycles. The zero-order chi connectivity index (χ0) is 23.0. The largest absolute Gasteiger partial charge is 0.490 e. The number of benzene rings is 1. The fourth-order valence-corrected chi connectivity index (χ4v) is 4.38. The maximum absolute atomic E-state index is 13.2. The first-order valence-electron chi connectivity index (χ1n) is 10.1. The molecule has 162 valence electrons. The van der Waals surface area contributed by atoms with Crippen LogP contribution >= 0.6 is 0 Å². The quantitative estimate of drug-likeness (QED) is 0.555. The first-order chi connectivity index (χ1) is 14.5. The first kappa shape index (κ1) is 22.8. The molecule has 3 rings (SSSR count). The molecule has 2 aliphatic rings. The van der Waals surface area contributed by atoms with Crippen molar-refractivity contribution in [3.63, 3.8) is 0 Å². The molecular formula is C20H23B2F3N4O2. The van der Waals surface area contributed by atoms with Crippen LogP contribution in [-0.4, -0.2) is 56.7 Å². The molecule has 0 atom stereocenters. The summed E-state index contributed by atoms with van der Waals surface area (Å²) in [7, 11) is 5.38. The molecule has 1 aromatic carbocycles. The highest BCUT2D eigenvalue weighted by atomic mass is 19.4. The van der Waals surface area contributed by atoms with E-state index in [4.69, 9.17) is 15.4 Å². The molecule has 0 spiro atoms. The van der Waals surface area contributed by atoms with Crippen LogP contribution in [0.4, 0.5) is 13.2 Å². The monoisotopic (exact) mass is 430 g/mol. The predicted molar refractivity (Wildman–Crippen MR) is 114 cm³/mol. The van der Waals surface area contributed by atoms with Crippen molar-refractivity contribution in [2.75, 3.05) is 7.05 Å². The maximum atomic E-state index is 13.2. The zero-order valence-electron chi connectivity index (χ0n) is 17.6. The fourth-order valence-electron chi connectivity index (χ4n) is 4.38. The second-order valence-corrected chi connectivity index (χ2v) is 8.32. The van der Waals surface area contributed by atoms with E-state index in [1.54, 1.807) is 24.2 Å².